The summed E-state index contributed by atoms with van der Waals surface area (Å²) in [7, 11) is 0. The Morgan fingerprint density at radius 1 is 1.29 bits per heavy atom. The highest BCUT2D eigenvalue weighted by Gasteiger charge is 2.02. The van der Waals surface area contributed by atoms with Gasteiger partial charge in [-0.1, -0.05) is 0 Å². The smallest absolute Gasteiger partial charge is 0.0953 e. The molecule has 1 rings (SSSR count). The maximum atomic E-state index is 7.11. The van der Waals surface area contributed by atoms with Gasteiger partial charge in [0.1, 0.15) is 0 Å². The lowest BCUT2D eigenvalue weighted by molar-refractivity contribution is -0.857. The van der Waals surface area contributed by atoms with E-state index in [2.05, 4.69) is 0 Å². The molecule has 0 unspecified atom stereocenters. The minimum absolute atomic E-state index is 0.763. The summed E-state index contributed by atoms with van der Waals surface area (Å²) in [6.07, 6.45) is 0. The second-order valence-electron chi connectivity index (χ2n) is 1.72. The van der Waals surface area contributed by atoms with Crippen molar-refractivity contribution in [2.75, 3.05) is 26.3 Å². The van der Waals surface area contributed by atoms with Crippen LogP contribution in [0.1, 0.15) is 0 Å². The Bertz CT molecular complexity index is 51.7. The van der Waals surface area contributed by atoms with E-state index in [1.165, 1.54) is 0 Å². The Hall–Kier alpha value is -0.120. The van der Waals surface area contributed by atoms with E-state index >= 15 is 0 Å². The van der Waals surface area contributed by atoms with Gasteiger partial charge in [-0.15, -0.1) is 0 Å². The second-order valence-corrected chi connectivity index (χ2v) is 1.72. The number of rotatable bonds is 0. The third kappa shape index (κ3) is 1.43. The largest absolute Gasteiger partial charge is 0.469 e. The summed E-state index contributed by atoms with van der Waals surface area (Å²) < 4.78 is 5.00. The molecule has 1 saturated heterocycles. The van der Waals surface area contributed by atoms with Gasteiger partial charge < -0.3 is 15.6 Å². The summed E-state index contributed by atoms with van der Waals surface area (Å²) in [4.78, 5) is 0. The normalized spacial score (nSPS) is 25.3. The molecule has 3 nitrogen and oxygen atoms in total. The zero-order chi connectivity index (χ0) is 5.11. The molecule has 1 aliphatic rings. The molecule has 0 aromatic rings. The zero-order valence-corrected chi connectivity index (χ0v) is 4.24. The van der Waals surface area contributed by atoms with Crippen molar-refractivity contribution < 1.29 is 9.75 Å². The minimum Gasteiger partial charge on any atom is -0.469 e. The minimum atomic E-state index is 0.763. The zero-order valence-electron chi connectivity index (χ0n) is 4.24. The summed E-state index contributed by atoms with van der Waals surface area (Å²) in [6, 6.07) is 0. The molecule has 0 saturated carbocycles. The van der Waals surface area contributed by atoms with Crippen LogP contribution in [0.2, 0.25) is 0 Å². The van der Waals surface area contributed by atoms with Gasteiger partial charge in [-0.05, 0) is 0 Å². The predicted molar refractivity (Wildman–Crippen MR) is 25.8 cm³/mol. The van der Waals surface area contributed by atoms with E-state index in [0.29, 0.717) is 0 Å². The number of quaternary nitrogens is 1. The molecule has 0 aromatic heterocycles. The maximum absolute atomic E-state index is 7.11. The van der Waals surface area contributed by atoms with E-state index in [9.17, 15) is 0 Å². The van der Waals surface area contributed by atoms with Crippen molar-refractivity contribution >= 4 is 0 Å². The van der Waals surface area contributed by atoms with E-state index in [1.807, 2.05) is 0 Å². The third-order valence-electron chi connectivity index (χ3n) is 1.10. The fraction of sp³-hybridized carbons (Fsp3) is 1.00. The first kappa shape index (κ1) is 5.03. The Morgan fingerprint density at radius 2 is 1.86 bits per heavy atom. The number of hydrogen-bond donors (Lipinski definition) is 1. The summed E-state index contributed by atoms with van der Waals surface area (Å²) in [6.45, 7) is 3.22. The Labute approximate surface area is 43.0 Å². The van der Waals surface area contributed by atoms with E-state index in [1.54, 1.807) is 0 Å². The standard InChI is InChI=1S/C4H10N2O/c5-6-1-3-7-4-2-6/h5-6H,1-4H2. The molecule has 7 heavy (non-hydrogen) atoms. The molecule has 2 N–H and O–H groups in total. The fourth-order valence-electron chi connectivity index (χ4n) is 0.618. The van der Waals surface area contributed by atoms with Crippen LogP contribution in [0.5, 0.6) is 0 Å². The van der Waals surface area contributed by atoms with Crippen LogP contribution in [0.3, 0.4) is 0 Å². The molecule has 1 aliphatic heterocycles. The summed E-state index contributed by atoms with van der Waals surface area (Å²) in [5.41, 5.74) is 0. The average Bonchev–Trinajstić information content (AvgIpc) is 1.69. The first-order valence-corrected chi connectivity index (χ1v) is 2.53. The maximum Gasteiger partial charge on any atom is 0.0953 e. The lowest BCUT2D eigenvalue weighted by atomic mass is 10.5. The van der Waals surface area contributed by atoms with E-state index < -0.39 is 0 Å². The molecule has 0 atom stereocenters. The van der Waals surface area contributed by atoms with Gasteiger partial charge in [-0.2, -0.15) is 0 Å². The van der Waals surface area contributed by atoms with Gasteiger partial charge in [0.15, 0.2) is 0 Å². The lowest BCUT2D eigenvalue weighted by Crippen LogP contribution is -3.07. The van der Waals surface area contributed by atoms with Crippen LogP contribution in [0.4, 0.5) is 0 Å². The highest BCUT2D eigenvalue weighted by Crippen LogP contribution is 1.72. The van der Waals surface area contributed by atoms with Crippen LogP contribution in [-0.4, -0.2) is 26.3 Å². The Morgan fingerprint density at radius 3 is 2.14 bits per heavy atom. The molecule has 0 spiro atoms. The van der Waals surface area contributed by atoms with Crippen LogP contribution < -0.4 is 5.01 Å². The SMILES string of the molecule is [NH-][NH+]1CCOCC1. The van der Waals surface area contributed by atoms with Crippen LogP contribution >= 0.6 is 0 Å². The van der Waals surface area contributed by atoms with Gasteiger partial charge >= 0.3 is 0 Å². The fourth-order valence-corrected chi connectivity index (χ4v) is 0.618. The number of nitrogens with one attached hydrogen (secondary N) is 2. The van der Waals surface area contributed by atoms with E-state index in [-0.39, 0.29) is 0 Å². The third-order valence-corrected chi connectivity index (χ3v) is 1.10. The quantitative estimate of drug-likeness (QED) is 0.413. The van der Waals surface area contributed by atoms with Crippen LogP contribution in [-0.2, 0) is 4.74 Å². The topological polar surface area (TPSA) is 37.5 Å². The van der Waals surface area contributed by atoms with Gasteiger partial charge in [0, 0.05) is 0 Å². The van der Waals surface area contributed by atoms with E-state index in [4.69, 9.17) is 10.6 Å². The summed E-state index contributed by atoms with van der Waals surface area (Å²) in [5.74, 6) is 7.11. The van der Waals surface area contributed by atoms with Gasteiger partial charge in [0.2, 0.25) is 0 Å². The molecule has 3 heteroatoms. The first-order valence-electron chi connectivity index (χ1n) is 2.53. The van der Waals surface area contributed by atoms with Crippen LogP contribution in [0.25, 0.3) is 5.84 Å². The van der Waals surface area contributed by atoms with Crippen molar-refractivity contribution in [3.8, 4) is 0 Å². The highest BCUT2D eigenvalue weighted by atomic mass is 16.5. The number of hydrogen-bond acceptors (Lipinski definition) is 1. The molecule has 0 radical (unpaired) electrons. The monoisotopic (exact) mass is 102 g/mol. The first-order chi connectivity index (χ1) is 3.39. The summed E-state index contributed by atoms with van der Waals surface area (Å²) >= 11 is 0. The van der Waals surface area contributed by atoms with Crippen molar-refractivity contribution in [3.63, 3.8) is 0 Å². The number of ether oxygens (including phenoxy) is 1. The molecular formula is C4H10N2O. The van der Waals surface area contributed by atoms with Crippen molar-refractivity contribution in [2.24, 2.45) is 0 Å². The Kier molecular flexibility index (Phi) is 1.62. The molecule has 1 fully saturated rings. The molecule has 1 heterocycles. The van der Waals surface area contributed by atoms with E-state index in [0.717, 1.165) is 31.3 Å². The molecule has 0 aliphatic carbocycles. The predicted octanol–water partition coefficient (Wildman–Crippen LogP) is -1.13. The van der Waals surface area contributed by atoms with Crippen LogP contribution in [0.15, 0.2) is 0 Å². The molecule has 0 amide bonds. The Balaban J connectivity index is 2.12. The van der Waals surface area contributed by atoms with Gasteiger partial charge in [-0.3, -0.25) is 0 Å². The van der Waals surface area contributed by atoms with Crippen molar-refractivity contribution in [2.45, 2.75) is 0 Å². The van der Waals surface area contributed by atoms with Gasteiger partial charge in [-0.25, -0.2) is 0 Å². The molecule has 0 aromatic carbocycles. The van der Waals surface area contributed by atoms with Crippen molar-refractivity contribution in [1.82, 2.24) is 0 Å². The van der Waals surface area contributed by atoms with Crippen LogP contribution in [0, 0.1) is 0 Å². The molecule has 0 bridgehead atoms. The van der Waals surface area contributed by atoms with Gasteiger partial charge in [0.05, 0.1) is 26.3 Å². The average molecular weight is 102 g/mol. The lowest BCUT2D eigenvalue weighted by Gasteiger charge is -2.25. The highest BCUT2D eigenvalue weighted by molar-refractivity contribution is 4.36. The van der Waals surface area contributed by atoms with Crippen molar-refractivity contribution in [3.05, 3.63) is 5.84 Å². The van der Waals surface area contributed by atoms with Crippen molar-refractivity contribution in [1.29, 1.82) is 0 Å². The molecule has 42 valence electrons. The number of morpholine rings is 1. The molecular weight excluding hydrogens is 92.1 g/mol. The summed E-state index contributed by atoms with van der Waals surface area (Å²) in [5, 5.41) is 0.839. The van der Waals surface area contributed by atoms with Gasteiger partial charge in [0.25, 0.3) is 0 Å². The second kappa shape index (κ2) is 2.26.